The summed E-state index contributed by atoms with van der Waals surface area (Å²) in [4.78, 5) is 2.37. The molecule has 55 heavy (non-hydrogen) atoms. The number of thiophene rings is 1. The third-order valence-corrected chi connectivity index (χ3v) is 12.7. The number of fused-ring (bicyclic) bond motifs is 12. The van der Waals surface area contributed by atoms with Crippen LogP contribution in [0.5, 0.6) is 0 Å². The first-order valence-corrected chi connectivity index (χ1v) is 19.7. The zero-order valence-electron chi connectivity index (χ0n) is 29.8. The molecule has 0 bridgehead atoms. The molecule has 0 saturated carbocycles. The Morgan fingerprint density at radius 1 is 0.364 bits per heavy atom. The number of nitrogens with zero attached hydrogens (tertiary/aromatic N) is 2. The van der Waals surface area contributed by atoms with Gasteiger partial charge in [0, 0.05) is 59.3 Å². The number of hydrogen-bond acceptors (Lipinski definition) is 2. The lowest BCUT2D eigenvalue weighted by Crippen LogP contribution is -2.09. The number of aromatic nitrogens is 1. The van der Waals surface area contributed by atoms with Gasteiger partial charge in [0.1, 0.15) is 0 Å². The molecule has 0 spiro atoms. The highest BCUT2D eigenvalue weighted by Gasteiger charge is 2.26. The first-order valence-electron chi connectivity index (χ1n) is 18.9. The molecular weight excluding hydrogens is 685 g/mol. The second-order valence-corrected chi connectivity index (χ2v) is 15.5. The molecule has 1 aliphatic rings. The molecule has 0 fully saturated rings. The van der Waals surface area contributed by atoms with Crippen LogP contribution in [0.15, 0.2) is 194 Å². The monoisotopic (exact) mass is 716 g/mol. The van der Waals surface area contributed by atoms with Crippen LogP contribution in [0.4, 0.5) is 17.1 Å². The summed E-state index contributed by atoms with van der Waals surface area (Å²) >= 11 is 1.86. The maximum absolute atomic E-state index is 2.45. The Balaban J connectivity index is 1.06. The van der Waals surface area contributed by atoms with E-state index in [0.29, 0.717) is 0 Å². The van der Waals surface area contributed by atoms with Crippen molar-refractivity contribution in [1.29, 1.82) is 0 Å². The van der Waals surface area contributed by atoms with Crippen LogP contribution in [-0.4, -0.2) is 4.57 Å². The van der Waals surface area contributed by atoms with Crippen molar-refractivity contribution in [3.05, 3.63) is 194 Å². The van der Waals surface area contributed by atoms with Crippen molar-refractivity contribution in [3.63, 3.8) is 0 Å². The molecule has 0 radical (unpaired) electrons. The summed E-state index contributed by atoms with van der Waals surface area (Å²) in [5.41, 5.74) is 14.7. The van der Waals surface area contributed by atoms with Gasteiger partial charge in [-0.1, -0.05) is 127 Å². The van der Waals surface area contributed by atoms with Gasteiger partial charge in [0.2, 0.25) is 0 Å². The van der Waals surface area contributed by atoms with E-state index in [0.717, 1.165) is 22.7 Å². The van der Waals surface area contributed by atoms with Crippen molar-refractivity contribution in [3.8, 4) is 39.1 Å². The van der Waals surface area contributed by atoms with Gasteiger partial charge in [-0.3, -0.25) is 0 Å². The number of hydrogen-bond donors (Lipinski definition) is 0. The molecule has 0 N–H and O–H groups in total. The summed E-state index contributed by atoms with van der Waals surface area (Å²) in [5.74, 6) is 0. The van der Waals surface area contributed by atoms with Crippen LogP contribution in [0.3, 0.4) is 0 Å². The van der Waals surface area contributed by atoms with Crippen molar-refractivity contribution < 1.29 is 0 Å². The quantitative estimate of drug-likeness (QED) is 0.176. The molecule has 2 aromatic heterocycles. The minimum atomic E-state index is 1.12. The van der Waals surface area contributed by atoms with E-state index in [4.69, 9.17) is 0 Å². The van der Waals surface area contributed by atoms with E-state index in [1.807, 2.05) is 11.3 Å². The van der Waals surface area contributed by atoms with Gasteiger partial charge in [0.15, 0.2) is 0 Å². The Labute approximate surface area is 322 Å². The molecule has 0 aliphatic heterocycles. The number of para-hydroxylation sites is 2. The molecule has 0 saturated heterocycles. The van der Waals surface area contributed by atoms with E-state index >= 15 is 0 Å². The SMILES string of the molecule is c1ccc(N(c2ccc(-n3c4ccccc4c4c5c(ccc43)-c3cccc4cccc(c34)-c3ccccc3-5)cc2)c2ccc3c(c2)sc2ccccc23)cc1. The van der Waals surface area contributed by atoms with Crippen molar-refractivity contribution in [1.82, 2.24) is 4.57 Å². The standard InChI is InChI=1S/C52H32N2S/c1-2-14-34(15-3-1)53(37-28-29-40-39-17-7-9-23-48(39)55-49(40)32-37)35-24-26-36(27-25-35)54-46-22-8-6-19-45(46)52-47(54)31-30-44-43-21-11-13-33-12-10-20-41(50(33)43)38-16-4-5-18-42(38)51(44)52/h1-32H. The summed E-state index contributed by atoms with van der Waals surface area (Å²) < 4.78 is 5.06. The summed E-state index contributed by atoms with van der Waals surface area (Å²) in [7, 11) is 0. The fourth-order valence-corrected chi connectivity index (χ4v) is 10.3. The van der Waals surface area contributed by atoms with Gasteiger partial charge in [-0.15, -0.1) is 11.3 Å². The minimum absolute atomic E-state index is 1.12. The van der Waals surface area contributed by atoms with Crippen LogP contribution < -0.4 is 4.90 Å². The van der Waals surface area contributed by atoms with Gasteiger partial charge in [0.25, 0.3) is 0 Å². The second kappa shape index (κ2) is 11.8. The van der Waals surface area contributed by atoms with E-state index in [9.17, 15) is 0 Å². The van der Waals surface area contributed by atoms with Gasteiger partial charge >= 0.3 is 0 Å². The molecule has 0 unspecified atom stereocenters. The Bertz CT molecular complexity index is 3310. The van der Waals surface area contributed by atoms with Crippen molar-refractivity contribution in [2.24, 2.45) is 0 Å². The number of anilines is 3. The first-order chi connectivity index (χ1) is 27.3. The highest BCUT2D eigenvalue weighted by molar-refractivity contribution is 7.25. The maximum atomic E-state index is 2.45. The van der Waals surface area contributed by atoms with E-state index in [1.54, 1.807) is 0 Å². The molecule has 11 aromatic rings. The number of benzene rings is 9. The van der Waals surface area contributed by atoms with Crippen LogP contribution in [0, 0.1) is 0 Å². The molecule has 12 rings (SSSR count). The normalized spacial score (nSPS) is 12.0. The van der Waals surface area contributed by atoms with Crippen molar-refractivity contribution >= 4 is 81.1 Å². The largest absolute Gasteiger partial charge is 0.310 e. The van der Waals surface area contributed by atoms with E-state index in [2.05, 4.69) is 204 Å². The summed E-state index contributed by atoms with van der Waals surface area (Å²) in [6, 6.07) is 71.5. The third kappa shape index (κ3) is 4.48. The molecule has 0 amide bonds. The van der Waals surface area contributed by atoms with Crippen LogP contribution in [0.25, 0.3) is 91.8 Å². The molecule has 1 aliphatic carbocycles. The zero-order chi connectivity index (χ0) is 36.0. The summed E-state index contributed by atoms with van der Waals surface area (Å²) in [6.45, 7) is 0. The van der Waals surface area contributed by atoms with E-state index < -0.39 is 0 Å². The Hall–Kier alpha value is -6.94. The van der Waals surface area contributed by atoms with Gasteiger partial charge in [0.05, 0.1) is 11.0 Å². The Morgan fingerprint density at radius 2 is 1.00 bits per heavy atom. The zero-order valence-corrected chi connectivity index (χ0v) is 30.6. The summed E-state index contributed by atoms with van der Waals surface area (Å²) in [6.07, 6.45) is 0. The topological polar surface area (TPSA) is 8.17 Å². The number of rotatable bonds is 4. The molecule has 256 valence electrons. The average molecular weight is 717 g/mol. The average Bonchev–Trinajstić information content (AvgIpc) is 3.75. The van der Waals surface area contributed by atoms with Crippen LogP contribution >= 0.6 is 11.3 Å². The van der Waals surface area contributed by atoms with E-state index in [1.165, 1.54) is 86.1 Å². The minimum Gasteiger partial charge on any atom is -0.310 e. The molecule has 2 heterocycles. The molecule has 9 aromatic carbocycles. The van der Waals surface area contributed by atoms with Crippen molar-refractivity contribution in [2.45, 2.75) is 0 Å². The lowest BCUT2D eigenvalue weighted by Gasteiger charge is -2.26. The molecule has 2 nitrogen and oxygen atoms in total. The van der Waals surface area contributed by atoms with Gasteiger partial charge in [-0.2, -0.15) is 0 Å². The van der Waals surface area contributed by atoms with Crippen LogP contribution in [0.2, 0.25) is 0 Å². The highest BCUT2D eigenvalue weighted by Crippen LogP contribution is 2.52. The Kier molecular flexibility index (Phi) is 6.54. The smallest absolute Gasteiger partial charge is 0.0547 e. The van der Waals surface area contributed by atoms with Crippen molar-refractivity contribution in [2.75, 3.05) is 4.90 Å². The predicted molar refractivity (Wildman–Crippen MR) is 236 cm³/mol. The fourth-order valence-electron chi connectivity index (χ4n) is 9.20. The lowest BCUT2D eigenvalue weighted by atomic mass is 9.90. The van der Waals surface area contributed by atoms with Crippen LogP contribution in [0.1, 0.15) is 0 Å². The van der Waals surface area contributed by atoms with Gasteiger partial charge in [-0.25, -0.2) is 0 Å². The second-order valence-electron chi connectivity index (χ2n) is 14.5. The fraction of sp³-hybridized carbons (Fsp3) is 0. The predicted octanol–water partition coefficient (Wildman–Crippen LogP) is 15.1. The third-order valence-electron chi connectivity index (χ3n) is 11.5. The first kappa shape index (κ1) is 30.5. The Morgan fingerprint density at radius 3 is 1.84 bits per heavy atom. The highest BCUT2D eigenvalue weighted by atomic mass is 32.1. The molecule has 3 heteroatoms. The maximum Gasteiger partial charge on any atom is 0.0547 e. The van der Waals surface area contributed by atoms with Gasteiger partial charge in [-0.05, 0) is 105 Å². The molecule has 0 atom stereocenters. The van der Waals surface area contributed by atoms with E-state index in [-0.39, 0.29) is 0 Å². The molecular formula is C52H32N2S. The summed E-state index contributed by atoms with van der Waals surface area (Å²) in [5, 5.41) is 7.77. The van der Waals surface area contributed by atoms with Crippen LogP contribution in [-0.2, 0) is 0 Å². The van der Waals surface area contributed by atoms with Gasteiger partial charge < -0.3 is 9.47 Å². The lowest BCUT2D eigenvalue weighted by molar-refractivity contribution is 1.17.